The Morgan fingerprint density at radius 1 is 1.26 bits per heavy atom. The van der Waals surface area contributed by atoms with E-state index < -0.39 is 12.3 Å². The van der Waals surface area contributed by atoms with Crippen molar-refractivity contribution in [3.8, 4) is 5.75 Å². The van der Waals surface area contributed by atoms with E-state index in [0.29, 0.717) is 10.8 Å². The van der Waals surface area contributed by atoms with Gasteiger partial charge in [-0.1, -0.05) is 11.8 Å². The Hall–Kier alpha value is -2.49. The van der Waals surface area contributed by atoms with Gasteiger partial charge < -0.3 is 15.0 Å². The summed E-state index contributed by atoms with van der Waals surface area (Å²) in [6.45, 7) is 0. The SMILES string of the molecule is O=C(CSc1nccc(=O)[nH]1)Nc1ccc(OC(F)(F)F)cc1. The summed E-state index contributed by atoms with van der Waals surface area (Å²) < 4.78 is 39.8. The van der Waals surface area contributed by atoms with E-state index in [0.717, 1.165) is 23.9 Å². The van der Waals surface area contributed by atoms with E-state index >= 15 is 0 Å². The van der Waals surface area contributed by atoms with E-state index in [2.05, 4.69) is 20.0 Å². The van der Waals surface area contributed by atoms with Gasteiger partial charge in [0.05, 0.1) is 5.75 Å². The molecule has 0 saturated carbocycles. The molecule has 122 valence electrons. The highest BCUT2D eigenvalue weighted by Gasteiger charge is 2.30. The van der Waals surface area contributed by atoms with Crippen LogP contribution in [-0.4, -0.2) is 28.0 Å². The van der Waals surface area contributed by atoms with Crippen LogP contribution in [0.4, 0.5) is 18.9 Å². The Morgan fingerprint density at radius 2 is 1.96 bits per heavy atom. The minimum absolute atomic E-state index is 0.0201. The second kappa shape index (κ2) is 7.18. The van der Waals surface area contributed by atoms with Crippen LogP contribution < -0.4 is 15.6 Å². The number of hydrogen-bond donors (Lipinski definition) is 2. The van der Waals surface area contributed by atoms with Crippen LogP contribution in [0.5, 0.6) is 5.75 Å². The normalized spacial score (nSPS) is 11.1. The lowest BCUT2D eigenvalue weighted by molar-refractivity contribution is -0.274. The third kappa shape index (κ3) is 6.02. The molecule has 0 spiro atoms. The Labute approximate surface area is 132 Å². The van der Waals surface area contributed by atoms with Gasteiger partial charge in [-0.2, -0.15) is 0 Å². The van der Waals surface area contributed by atoms with Gasteiger partial charge in [0.2, 0.25) is 5.91 Å². The van der Waals surface area contributed by atoms with Crippen molar-refractivity contribution in [2.45, 2.75) is 11.5 Å². The number of nitrogens with zero attached hydrogens (tertiary/aromatic N) is 1. The fourth-order valence-corrected chi connectivity index (χ4v) is 2.14. The summed E-state index contributed by atoms with van der Waals surface area (Å²) in [6.07, 6.45) is -3.44. The Kier molecular flexibility index (Phi) is 5.27. The van der Waals surface area contributed by atoms with Crippen LogP contribution in [0.15, 0.2) is 46.5 Å². The molecular formula is C13H10F3N3O3S. The molecule has 0 saturated heterocycles. The monoisotopic (exact) mass is 345 g/mol. The number of H-pyrrole nitrogens is 1. The number of anilines is 1. The number of carbonyl (C=O) groups is 1. The number of alkyl halides is 3. The Balaban J connectivity index is 1.86. The molecule has 0 aliphatic carbocycles. The van der Waals surface area contributed by atoms with Crippen molar-refractivity contribution in [1.82, 2.24) is 9.97 Å². The molecule has 23 heavy (non-hydrogen) atoms. The molecule has 6 nitrogen and oxygen atoms in total. The summed E-state index contributed by atoms with van der Waals surface area (Å²) in [4.78, 5) is 29.1. The molecular weight excluding hydrogens is 335 g/mol. The van der Waals surface area contributed by atoms with Gasteiger partial charge in [-0.05, 0) is 24.3 Å². The Morgan fingerprint density at radius 3 is 2.57 bits per heavy atom. The second-order valence-electron chi connectivity index (χ2n) is 4.15. The van der Waals surface area contributed by atoms with Crippen LogP contribution in [0, 0.1) is 0 Å². The number of nitrogens with one attached hydrogen (secondary N) is 2. The number of hydrogen-bond acceptors (Lipinski definition) is 5. The summed E-state index contributed by atoms with van der Waals surface area (Å²) in [5.74, 6) is -0.796. The van der Waals surface area contributed by atoms with Crippen molar-refractivity contribution in [3.05, 3.63) is 46.9 Å². The zero-order valence-corrected chi connectivity index (χ0v) is 12.2. The number of carbonyl (C=O) groups excluding carboxylic acids is 1. The first kappa shape index (κ1) is 16.9. The van der Waals surface area contributed by atoms with E-state index in [4.69, 9.17) is 0 Å². The number of rotatable bonds is 5. The molecule has 2 N–H and O–H groups in total. The molecule has 0 aliphatic rings. The summed E-state index contributed by atoms with van der Waals surface area (Å²) in [5.41, 5.74) is -0.0113. The van der Waals surface area contributed by atoms with Crippen LogP contribution in [0.3, 0.4) is 0 Å². The molecule has 1 amide bonds. The van der Waals surface area contributed by atoms with Gasteiger partial charge in [0, 0.05) is 18.0 Å². The highest BCUT2D eigenvalue weighted by atomic mass is 32.2. The standard InChI is InChI=1S/C13H10F3N3O3S/c14-13(15,16)22-9-3-1-8(2-4-9)18-11(21)7-23-12-17-6-5-10(20)19-12/h1-6H,7H2,(H,18,21)(H,17,19,20). The number of amides is 1. The Bertz CT molecular complexity index is 731. The van der Waals surface area contributed by atoms with E-state index in [1.54, 1.807) is 0 Å². The molecule has 0 bridgehead atoms. The van der Waals surface area contributed by atoms with Gasteiger partial charge in [0.15, 0.2) is 5.16 Å². The summed E-state index contributed by atoms with van der Waals surface area (Å²) in [7, 11) is 0. The van der Waals surface area contributed by atoms with Gasteiger partial charge in [-0.25, -0.2) is 4.98 Å². The predicted octanol–water partition coefficient (Wildman–Crippen LogP) is 2.40. The van der Waals surface area contributed by atoms with Crippen LogP contribution in [-0.2, 0) is 4.79 Å². The quantitative estimate of drug-likeness (QED) is 0.642. The number of halogens is 3. The molecule has 1 aromatic heterocycles. The van der Waals surface area contributed by atoms with Crippen molar-refractivity contribution in [2.24, 2.45) is 0 Å². The maximum Gasteiger partial charge on any atom is 0.573 e. The van der Waals surface area contributed by atoms with Crippen LogP contribution in [0.1, 0.15) is 0 Å². The summed E-state index contributed by atoms with van der Waals surface area (Å²) in [5, 5.41) is 2.79. The summed E-state index contributed by atoms with van der Waals surface area (Å²) >= 11 is 1.02. The lowest BCUT2D eigenvalue weighted by atomic mass is 10.3. The van der Waals surface area contributed by atoms with E-state index in [1.807, 2.05) is 0 Å². The average molecular weight is 345 g/mol. The van der Waals surface area contributed by atoms with Crippen molar-refractivity contribution < 1.29 is 22.7 Å². The van der Waals surface area contributed by atoms with Gasteiger partial charge in [0.1, 0.15) is 5.75 Å². The molecule has 2 rings (SSSR count). The zero-order valence-electron chi connectivity index (χ0n) is 11.4. The molecule has 0 fully saturated rings. The molecule has 10 heteroatoms. The van der Waals surface area contributed by atoms with Crippen molar-refractivity contribution in [1.29, 1.82) is 0 Å². The first-order chi connectivity index (χ1) is 10.8. The van der Waals surface area contributed by atoms with Crippen molar-refractivity contribution in [3.63, 3.8) is 0 Å². The highest BCUT2D eigenvalue weighted by Crippen LogP contribution is 2.24. The van der Waals surface area contributed by atoms with Gasteiger partial charge >= 0.3 is 6.36 Å². The van der Waals surface area contributed by atoms with Gasteiger partial charge in [0.25, 0.3) is 5.56 Å². The first-order valence-corrected chi connectivity index (χ1v) is 7.14. The number of thioether (sulfide) groups is 1. The summed E-state index contributed by atoms with van der Waals surface area (Å²) in [6, 6.07) is 5.99. The fourth-order valence-electron chi connectivity index (χ4n) is 1.50. The third-order valence-corrected chi connectivity index (χ3v) is 3.25. The lowest BCUT2D eigenvalue weighted by Gasteiger charge is -2.09. The molecule has 0 aliphatic heterocycles. The molecule has 1 aromatic carbocycles. The average Bonchev–Trinajstić information content (AvgIpc) is 2.46. The lowest BCUT2D eigenvalue weighted by Crippen LogP contribution is -2.17. The van der Waals surface area contributed by atoms with E-state index in [-0.39, 0.29) is 17.1 Å². The van der Waals surface area contributed by atoms with Crippen molar-refractivity contribution >= 4 is 23.4 Å². The zero-order chi connectivity index (χ0) is 16.9. The molecule has 0 radical (unpaired) electrons. The minimum Gasteiger partial charge on any atom is -0.406 e. The predicted molar refractivity (Wildman–Crippen MR) is 77.3 cm³/mol. The minimum atomic E-state index is -4.76. The van der Waals surface area contributed by atoms with Gasteiger partial charge in [-0.15, -0.1) is 13.2 Å². The van der Waals surface area contributed by atoms with Gasteiger partial charge in [-0.3, -0.25) is 9.59 Å². The van der Waals surface area contributed by atoms with E-state index in [1.165, 1.54) is 24.4 Å². The number of aromatic nitrogens is 2. The number of ether oxygens (including phenoxy) is 1. The van der Waals surface area contributed by atoms with Crippen molar-refractivity contribution in [2.75, 3.05) is 11.1 Å². The third-order valence-electron chi connectivity index (χ3n) is 2.36. The van der Waals surface area contributed by atoms with E-state index in [9.17, 15) is 22.8 Å². The first-order valence-electron chi connectivity index (χ1n) is 6.15. The molecule has 1 heterocycles. The second-order valence-corrected chi connectivity index (χ2v) is 5.11. The highest BCUT2D eigenvalue weighted by molar-refractivity contribution is 7.99. The maximum absolute atomic E-state index is 12.0. The topological polar surface area (TPSA) is 84.1 Å². The molecule has 0 atom stereocenters. The van der Waals surface area contributed by atoms with Crippen LogP contribution in [0.2, 0.25) is 0 Å². The smallest absolute Gasteiger partial charge is 0.406 e. The number of aromatic amines is 1. The fraction of sp³-hybridized carbons (Fsp3) is 0.154. The molecule has 2 aromatic rings. The maximum atomic E-state index is 12.0. The number of benzene rings is 1. The largest absolute Gasteiger partial charge is 0.573 e. The van der Waals surface area contributed by atoms with Crippen LogP contribution >= 0.6 is 11.8 Å². The van der Waals surface area contributed by atoms with Crippen LogP contribution in [0.25, 0.3) is 0 Å². The molecule has 0 unspecified atom stereocenters.